The van der Waals surface area contributed by atoms with Gasteiger partial charge in [0.25, 0.3) is 0 Å². The van der Waals surface area contributed by atoms with Crippen molar-refractivity contribution in [2.45, 2.75) is 12.7 Å². The molecule has 2 rings (SSSR count). The van der Waals surface area contributed by atoms with Crippen LogP contribution in [0.1, 0.15) is 11.5 Å². The Morgan fingerprint density at radius 1 is 1.28 bits per heavy atom. The number of rotatable bonds is 2. The topological polar surface area (TPSA) is 64.9 Å². The lowest BCUT2D eigenvalue weighted by atomic mass is 10.1. The highest BCUT2D eigenvalue weighted by Gasteiger charge is 2.34. The molecule has 0 aliphatic carbocycles. The molecule has 1 aromatic carbocycles. The molecule has 0 saturated heterocycles. The molecule has 0 amide bonds. The second kappa shape index (κ2) is 4.37. The van der Waals surface area contributed by atoms with Crippen LogP contribution in [0.15, 0.2) is 22.7 Å². The van der Waals surface area contributed by atoms with E-state index in [-0.39, 0.29) is 23.8 Å². The van der Waals surface area contributed by atoms with Gasteiger partial charge in [-0.25, -0.2) is 4.39 Å². The van der Waals surface area contributed by atoms with Crippen LogP contribution in [0.3, 0.4) is 0 Å². The zero-order valence-corrected chi connectivity index (χ0v) is 8.83. The summed E-state index contributed by atoms with van der Waals surface area (Å²) in [6.07, 6.45) is -4.73. The van der Waals surface area contributed by atoms with Crippen molar-refractivity contribution < 1.29 is 22.1 Å². The molecule has 96 valence electrons. The van der Waals surface area contributed by atoms with E-state index in [1.54, 1.807) is 0 Å². The molecule has 0 radical (unpaired) electrons. The quantitative estimate of drug-likeness (QED) is 0.843. The van der Waals surface area contributed by atoms with Gasteiger partial charge in [-0.2, -0.15) is 18.2 Å². The van der Waals surface area contributed by atoms with E-state index in [2.05, 4.69) is 14.7 Å². The maximum atomic E-state index is 13.3. The van der Waals surface area contributed by atoms with E-state index in [4.69, 9.17) is 5.73 Å². The molecule has 0 aliphatic rings. The Morgan fingerprint density at radius 2 is 2.00 bits per heavy atom. The zero-order valence-electron chi connectivity index (χ0n) is 8.83. The monoisotopic (exact) mass is 261 g/mol. The van der Waals surface area contributed by atoms with Gasteiger partial charge in [-0.3, -0.25) is 0 Å². The van der Waals surface area contributed by atoms with Crippen molar-refractivity contribution in [1.82, 2.24) is 10.1 Å². The van der Waals surface area contributed by atoms with Crippen LogP contribution in [-0.2, 0) is 12.7 Å². The van der Waals surface area contributed by atoms with Crippen molar-refractivity contribution in [3.05, 3.63) is 35.5 Å². The van der Waals surface area contributed by atoms with Crippen LogP contribution in [0.4, 0.5) is 17.6 Å². The second-order valence-electron chi connectivity index (χ2n) is 3.41. The van der Waals surface area contributed by atoms with Crippen molar-refractivity contribution in [2.24, 2.45) is 5.73 Å². The lowest BCUT2D eigenvalue weighted by Crippen LogP contribution is -2.07. The summed E-state index contributed by atoms with van der Waals surface area (Å²) in [6.45, 7) is -0.00385. The van der Waals surface area contributed by atoms with Gasteiger partial charge in [-0.05, 0) is 12.1 Å². The van der Waals surface area contributed by atoms with Crippen LogP contribution < -0.4 is 5.73 Å². The minimum atomic E-state index is -4.73. The maximum absolute atomic E-state index is 13.3. The molecule has 0 aliphatic heterocycles. The molecule has 0 saturated carbocycles. The molecular formula is C10H7F4N3O. The van der Waals surface area contributed by atoms with E-state index in [1.165, 1.54) is 0 Å². The van der Waals surface area contributed by atoms with E-state index in [0.717, 1.165) is 6.07 Å². The fourth-order valence-corrected chi connectivity index (χ4v) is 1.34. The molecule has 0 fully saturated rings. The number of halogens is 4. The Balaban J connectivity index is 2.40. The van der Waals surface area contributed by atoms with Crippen molar-refractivity contribution in [3.63, 3.8) is 0 Å². The number of aromatic nitrogens is 2. The molecule has 1 aromatic heterocycles. The van der Waals surface area contributed by atoms with E-state index in [1.807, 2.05) is 0 Å². The SMILES string of the molecule is NCc1nc(-c2ccc(C(F)(F)F)c(F)c2)no1. The van der Waals surface area contributed by atoms with Crippen LogP contribution in [0.5, 0.6) is 0 Å². The predicted octanol–water partition coefficient (Wildman–Crippen LogP) is 2.35. The molecule has 2 N–H and O–H groups in total. The van der Waals surface area contributed by atoms with Gasteiger partial charge in [0.1, 0.15) is 5.82 Å². The van der Waals surface area contributed by atoms with Crippen LogP contribution >= 0.6 is 0 Å². The Kier molecular flexibility index (Phi) is 3.04. The molecule has 2 aromatic rings. The summed E-state index contributed by atoms with van der Waals surface area (Å²) in [5.41, 5.74) is 3.98. The Hall–Kier alpha value is -1.96. The summed E-state index contributed by atoms with van der Waals surface area (Å²) in [6, 6.07) is 2.40. The first kappa shape index (κ1) is 12.5. The molecule has 8 heteroatoms. The summed E-state index contributed by atoms with van der Waals surface area (Å²) in [4.78, 5) is 3.78. The van der Waals surface area contributed by atoms with E-state index in [0.29, 0.717) is 12.1 Å². The Bertz CT molecular complexity index is 564. The average molecular weight is 261 g/mol. The number of nitrogens with two attached hydrogens (primary N) is 1. The highest BCUT2D eigenvalue weighted by Crippen LogP contribution is 2.32. The summed E-state index contributed by atoms with van der Waals surface area (Å²) in [5.74, 6) is -1.28. The highest BCUT2D eigenvalue weighted by atomic mass is 19.4. The predicted molar refractivity (Wildman–Crippen MR) is 52.6 cm³/mol. The van der Waals surface area contributed by atoms with Gasteiger partial charge in [-0.15, -0.1) is 0 Å². The molecule has 18 heavy (non-hydrogen) atoms. The minimum absolute atomic E-state index is 0.00385. The first-order valence-corrected chi connectivity index (χ1v) is 4.81. The first-order chi connectivity index (χ1) is 8.41. The van der Waals surface area contributed by atoms with Gasteiger partial charge in [-0.1, -0.05) is 11.2 Å². The number of hydrogen-bond acceptors (Lipinski definition) is 4. The van der Waals surface area contributed by atoms with E-state index < -0.39 is 17.6 Å². The van der Waals surface area contributed by atoms with Gasteiger partial charge in [0, 0.05) is 5.56 Å². The lowest BCUT2D eigenvalue weighted by Gasteiger charge is -2.07. The van der Waals surface area contributed by atoms with Gasteiger partial charge >= 0.3 is 6.18 Å². The third-order valence-corrected chi connectivity index (χ3v) is 2.18. The fraction of sp³-hybridized carbons (Fsp3) is 0.200. The molecule has 0 spiro atoms. The van der Waals surface area contributed by atoms with Gasteiger partial charge < -0.3 is 10.3 Å². The second-order valence-corrected chi connectivity index (χ2v) is 3.41. The third kappa shape index (κ3) is 2.33. The summed E-state index contributed by atoms with van der Waals surface area (Å²) in [7, 11) is 0. The Morgan fingerprint density at radius 3 is 2.50 bits per heavy atom. The van der Waals surface area contributed by atoms with Gasteiger partial charge in [0.15, 0.2) is 0 Å². The van der Waals surface area contributed by atoms with Crippen molar-refractivity contribution >= 4 is 0 Å². The largest absolute Gasteiger partial charge is 0.419 e. The molecule has 0 atom stereocenters. The standard InChI is InChI=1S/C10H7F4N3O/c11-7-3-5(1-2-6(7)10(12,13)14)9-16-8(4-15)18-17-9/h1-3H,4,15H2. The van der Waals surface area contributed by atoms with Crippen LogP contribution in [0.25, 0.3) is 11.4 Å². The third-order valence-electron chi connectivity index (χ3n) is 2.18. The van der Waals surface area contributed by atoms with E-state index in [9.17, 15) is 17.6 Å². The van der Waals surface area contributed by atoms with E-state index >= 15 is 0 Å². The van der Waals surface area contributed by atoms with Crippen LogP contribution in [0.2, 0.25) is 0 Å². The number of hydrogen-bond donors (Lipinski definition) is 1. The molecule has 0 bridgehead atoms. The smallest absolute Gasteiger partial charge is 0.338 e. The normalized spacial score (nSPS) is 11.8. The molecule has 0 unspecified atom stereocenters. The fourth-order valence-electron chi connectivity index (χ4n) is 1.34. The van der Waals surface area contributed by atoms with Crippen LogP contribution in [-0.4, -0.2) is 10.1 Å². The van der Waals surface area contributed by atoms with Crippen molar-refractivity contribution in [2.75, 3.05) is 0 Å². The summed E-state index contributed by atoms with van der Waals surface area (Å²) in [5, 5.41) is 3.48. The number of nitrogens with zero attached hydrogens (tertiary/aromatic N) is 2. The number of alkyl halides is 3. The number of benzene rings is 1. The minimum Gasteiger partial charge on any atom is -0.338 e. The molecular weight excluding hydrogens is 254 g/mol. The van der Waals surface area contributed by atoms with Crippen molar-refractivity contribution in [1.29, 1.82) is 0 Å². The van der Waals surface area contributed by atoms with Crippen LogP contribution in [0, 0.1) is 5.82 Å². The first-order valence-electron chi connectivity index (χ1n) is 4.81. The zero-order chi connectivity index (χ0) is 13.3. The summed E-state index contributed by atoms with van der Waals surface area (Å²) < 4.78 is 55.0. The van der Waals surface area contributed by atoms with Crippen molar-refractivity contribution in [3.8, 4) is 11.4 Å². The van der Waals surface area contributed by atoms with Gasteiger partial charge in [0.05, 0.1) is 12.1 Å². The summed E-state index contributed by atoms with van der Waals surface area (Å²) >= 11 is 0. The average Bonchev–Trinajstić information content (AvgIpc) is 2.75. The molecule has 4 nitrogen and oxygen atoms in total. The molecule has 1 heterocycles. The lowest BCUT2D eigenvalue weighted by molar-refractivity contribution is -0.139. The Labute approximate surface area is 98.4 Å². The highest BCUT2D eigenvalue weighted by molar-refractivity contribution is 5.55. The maximum Gasteiger partial charge on any atom is 0.419 e. The van der Waals surface area contributed by atoms with Gasteiger partial charge in [0.2, 0.25) is 11.7 Å².